The molecule has 2 aromatic rings. The molecule has 0 aromatic heterocycles. The third-order valence-corrected chi connectivity index (χ3v) is 3.49. The van der Waals surface area contributed by atoms with Gasteiger partial charge in [-0.2, -0.15) is 0 Å². The minimum absolute atomic E-state index is 0.0679. The molecule has 0 atom stereocenters. The van der Waals surface area contributed by atoms with Gasteiger partial charge in [-0.3, -0.25) is 14.9 Å². The molecule has 25 heavy (non-hydrogen) atoms. The second-order valence-electron chi connectivity index (χ2n) is 5.19. The van der Waals surface area contributed by atoms with Gasteiger partial charge in [0.25, 0.3) is 5.69 Å². The Balaban J connectivity index is 2.04. The highest BCUT2D eigenvalue weighted by molar-refractivity contribution is 5.91. The molecule has 7 nitrogen and oxygen atoms in total. The number of aryl methyl sites for hydroxylation is 1. The van der Waals surface area contributed by atoms with Gasteiger partial charge in [0, 0.05) is 24.6 Å². The number of non-ortho nitro benzene ring substituents is 1. The van der Waals surface area contributed by atoms with Crippen LogP contribution >= 0.6 is 0 Å². The van der Waals surface area contributed by atoms with Crippen LogP contribution in [0.4, 0.5) is 15.8 Å². The van der Waals surface area contributed by atoms with Gasteiger partial charge in [0.15, 0.2) is 0 Å². The predicted molar refractivity (Wildman–Crippen MR) is 89.6 cm³/mol. The van der Waals surface area contributed by atoms with Crippen molar-refractivity contribution in [2.24, 2.45) is 0 Å². The monoisotopic (exact) mass is 348 g/mol. The fraction of sp³-hybridized carbons (Fsp3) is 0.235. The van der Waals surface area contributed by atoms with E-state index in [4.69, 9.17) is 9.47 Å². The number of halogens is 1. The SMILES string of the molecule is COc1cc(CCC(=O)Nc2cc([N+](=O)[O-])ccc2F)cc(OC)c1. The molecule has 0 unspecified atom stereocenters. The van der Waals surface area contributed by atoms with E-state index in [1.54, 1.807) is 18.2 Å². The van der Waals surface area contributed by atoms with Gasteiger partial charge >= 0.3 is 0 Å². The summed E-state index contributed by atoms with van der Waals surface area (Å²) in [6, 6.07) is 8.21. The lowest BCUT2D eigenvalue weighted by atomic mass is 10.1. The summed E-state index contributed by atoms with van der Waals surface area (Å²) in [5, 5.41) is 13.1. The minimum atomic E-state index is -0.734. The van der Waals surface area contributed by atoms with Crippen LogP contribution in [-0.2, 0) is 11.2 Å². The maximum Gasteiger partial charge on any atom is 0.271 e. The van der Waals surface area contributed by atoms with E-state index in [1.807, 2.05) is 0 Å². The summed E-state index contributed by atoms with van der Waals surface area (Å²) in [4.78, 5) is 22.1. The molecule has 132 valence electrons. The molecule has 0 saturated heterocycles. The Morgan fingerprint density at radius 1 is 1.16 bits per heavy atom. The summed E-state index contributed by atoms with van der Waals surface area (Å²) in [5.41, 5.74) is 0.294. The molecule has 0 spiro atoms. The largest absolute Gasteiger partial charge is 0.497 e. The van der Waals surface area contributed by atoms with Crippen molar-refractivity contribution in [2.45, 2.75) is 12.8 Å². The van der Waals surface area contributed by atoms with Gasteiger partial charge in [0.05, 0.1) is 24.8 Å². The van der Waals surface area contributed by atoms with Crippen LogP contribution in [0, 0.1) is 15.9 Å². The standard InChI is InChI=1S/C17H17FN2O5/c1-24-13-7-11(8-14(10-13)25-2)3-6-17(21)19-16-9-12(20(22)23)4-5-15(16)18/h4-5,7-10H,3,6H2,1-2H3,(H,19,21). The van der Waals surface area contributed by atoms with Crippen LogP contribution in [0.15, 0.2) is 36.4 Å². The number of benzene rings is 2. The number of methoxy groups -OCH3 is 2. The highest BCUT2D eigenvalue weighted by Gasteiger charge is 2.13. The van der Waals surface area contributed by atoms with Gasteiger partial charge in [-0.25, -0.2) is 4.39 Å². The Labute approximate surface area is 143 Å². The van der Waals surface area contributed by atoms with Crippen molar-refractivity contribution >= 4 is 17.3 Å². The number of anilines is 1. The van der Waals surface area contributed by atoms with Crippen molar-refractivity contribution in [3.05, 3.63) is 57.9 Å². The third kappa shape index (κ3) is 4.90. The van der Waals surface area contributed by atoms with Crippen molar-refractivity contribution in [3.8, 4) is 11.5 Å². The van der Waals surface area contributed by atoms with Crippen molar-refractivity contribution < 1.29 is 23.6 Å². The molecule has 0 bridgehead atoms. The van der Waals surface area contributed by atoms with Gasteiger partial charge < -0.3 is 14.8 Å². The normalized spacial score (nSPS) is 10.2. The van der Waals surface area contributed by atoms with Crippen LogP contribution in [0.2, 0.25) is 0 Å². The fourth-order valence-electron chi connectivity index (χ4n) is 2.20. The maximum atomic E-state index is 13.7. The molecule has 0 aliphatic carbocycles. The summed E-state index contributed by atoms with van der Waals surface area (Å²) < 4.78 is 24.0. The first kappa shape index (κ1) is 18.2. The number of nitrogens with one attached hydrogen (secondary N) is 1. The average molecular weight is 348 g/mol. The Morgan fingerprint density at radius 3 is 2.36 bits per heavy atom. The van der Waals surface area contributed by atoms with Crippen LogP contribution in [0.5, 0.6) is 11.5 Å². The van der Waals surface area contributed by atoms with Gasteiger partial charge in [0.2, 0.25) is 5.91 Å². The molecule has 8 heteroatoms. The Hall–Kier alpha value is -3.16. The smallest absolute Gasteiger partial charge is 0.271 e. The molecule has 0 radical (unpaired) electrons. The molecule has 0 heterocycles. The van der Waals surface area contributed by atoms with E-state index in [9.17, 15) is 19.3 Å². The van der Waals surface area contributed by atoms with Crippen LogP contribution in [0.3, 0.4) is 0 Å². The van der Waals surface area contributed by atoms with Gasteiger partial charge in [-0.05, 0) is 30.2 Å². The number of amides is 1. The summed E-state index contributed by atoms with van der Waals surface area (Å²) in [7, 11) is 3.05. The number of hydrogen-bond donors (Lipinski definition) is 1. The van der Waals surface area contributed by atoms with E-state index in [-0.39, 0.29) is 17.8 Å². The number of rotatable bonds is 7. The summed E-state index contributed by atoms with van der Waals surface area (Å²) in [6.07, 6.45) is 0.439. The number of nitro benzene ring substituents is 1. The Morgan fingerprint density at radius 2 is 1.80 bits per heavy atom. The van der Waals surface area contributed by atoms with Crippen molar-refractivity contribution in [1.82, 2.24) is 0 Å². The van der Waals surface area contributed by atoms with Crippen molar-refractivity contribution in [3.63, 3.8) is 0 Å². The van der Waals surface area contributed by atoms with E-state index in [0.29, 0.717) is 17.9 Å². The zero-order valence-electron chi connectivity index (χ0n) is 13.7. The lowest BCUT2D eigenvalue weighted by Crippen LogP contribution is -2.13. The number of carbonyl (C=O) groups is 1. The summed E-state index contributed by atoms with van der Waals surface area (Å²) in [5.74, 6) is 0.00200. The van der Waals surface area contributed by atoms with Gasteiger partial charge in [-0.1, -0.05) is 0 Å². The maximum absolute atomic E-state index is 13.7. The molecule has 0 saturated carbocycles. The molecular weight excluding hydrogens is 331 g/mol. The molecular formula is C17H17FN2O5. The molecule has 0 aliphatic rings. The minimum Gasteiger partial charge on any atom is -0.497 e. The Kier molecular flexibility index (Phi) is 5.89. The number of nitrogens with zero attached hydrogens (tertiary/aromatic N) is 1. The number of nitro groups is 1. The summed E-state index contributed by atoms with van der Waals surface area (Å²) >= 11 is 0. The summed E-state index contributed by atoms with van der Waals surface area (Å²) in [6.45, 7) is 0. The lowest BCUT2D eigenvalue weighted by molar-refractivity contribution is -0.384. The molecule has 0 aliphatic heterocycles. The van der Waals surface area contributed by atoms with E-state index >= 15 is 0 Å². The fourth-order valence-corrected chi connectivity index (χ4v) is 2.20. The van der Waals surface area contributed by atoms with Crippen LogP contribution in [0.1, 0.15) is 12.0 Å². The van der Waals surface area contributed by atoms with E-state index in [0.717, 1.165) is 23.8 Å². The molecule has 1 N–H and O–H groups in total. The molecule has 2 rings (SSSR count). The quantitative estimate of drug-likeness (QED) is 0.612. The van der Waals surface area contributed by atoms with Crippen LogP contribution < -0.4 is 14.8 Å². The molecule has 2 aromatic carbocycles. The first-order valence-corrected chi connectivity index (χ1v) is 7.38. The van der Waals surface area contributed by atoms with E-state index < -0.39 is 16.6 Å². The number of ether oxygens (including phenoxy) is 2. The highest BCUT2D eigenvalue weighted by Crippen LogP contribution is 2.24. The second-order valence-corrected chi connectivity index (χ2v) is 5.19. The number of hydrogen-bond acceptors (Lipinski definition) is 5. The van der Waals surface area contributed by atoms with Crippen LogP contribution in [-0.4, -0.2) is 25.1 Å². The number of carbonyl (C=O) groups excluding carboxylic acids is 1. The lowest BCUT2D eigenvalue weighted by Gasteiger charge is -2.09. The molecule has 1 amide bonds. The van der Waals surface area contributed by atoms with E-state index in [2.05, 4.69) is 5.32 Å². The first-order valence-electron chi connectivity index (χ1n) is 7.38. The Bertz CT molecular complexity index is 772. The average Bonchev–Trinajstić information content (AvgIpc) is 2.61. The highest BCUT2D eigenvalue weighted by atomic mass is 19.1. The second kappa shape index (κ2) is 8.09. The predicted octanol–water partition coefficient (Wildman–Crippen LogP) is 3.32. The topological polar surface area (TPSA) is 90.7 Å². The zero-order chi connectivity index (χ0) is 18.4. The zero-order valence-corrected chi connectivity index (χ0v) is 13.7. The van der Waals surface area contributed by atoms with Crippen molar-refractivity contribution in [1.29, 1.82) is 0 Å². The van der Waals surface area contributed by atoms with Crippen molar-refractivity contribution in [2.75, 3.05) is 19.5 Å². The van der Waals surface area contributed by atoms with E-state index in [1.165, 1.54) is 14.2 Å². The van der Waals surface area contributed by atoms with Gasteiger partial charge in [-0.15, -0.1) is 0 Å². The van der Waals surface area contributed by atoms with Crippen LogP contribution in [0.25, 0.3) is 0 Å². The molecule has 0 fully saturated rings. The first-order chi connectivity index (χ1) is 11.9. The third-order valence-electron chi connectivity index (χ3n) is 3.49. The van der Waals surface area contributed by atoms with Gasteiger partial charge in [0.1, 0.15) is 17.3 Å².